The predicted molar refractivity (Wildman–Crippen MR) is 276 cm³/mol. The fourth-order valence-electron chi connectivity index (χ4n) is 8.23. The van der Waals surface area contributed by atoms with E-state index in [9.17, 15) is 45.6 Å². The molecule has 0 radical (unpaired) electrons. The fraction of sp³-hybridized carbons (Fsp3) is 0.732. The predicted octanol–water partition coefficient (Wildman–Crippen LogP) is 7.77. The number of ether oxygens (including phenoxy) is 4. The molecule has 2 heterocycles. The van der Waals surface area contributed by atoms with Crippen LogP contribution in [0.5, 0.6) is 0 Å². The molecule has 70 heavy (non-hydrogen) atoms. The van der Waals surface area contributed by atoms with Crippen molar-refractivity contribution >= 4 is 5.91 Å². The number of unbranched alkanes of at least 4 members (excludes halogenated alkanes) is 15. The SMILES string of the molecule is CC/C=C\C/C=C\C/C=C\C/C=C\C/C=C\C/C=C\CCCCC(=O)NC(COC1OC(CO)C(OC2OC(CO)C(O)C(O)C2O)C(O)C1O)C(O)/C=C/CCCCCCCCCCCCCCC. The van der Waals surface area contributed by atoms with Crippen LogP contribution >= 0.6 is 0 Å². The number of aliphatic hydroxyl groups excluding tert-OH is 8. The van der Waals surface area contributed by atoms with E-state index < -0.39 is 86.8 Å². The second-order valence-corrected chi connectivity index (χ2v) is 18.6. The Bertz CT molecular complexity index is 1500. The number of nitrogens with one attached hydrogen (secondary N) is 1. The minimum Gasteiger partial charge on any atom is -0.394 e. The van der Waals surface area contributed by atoms with Gasteiger partial charge in [-0.2, -0.15) is 0 Å². The smallest absolute Gasteiger partial charge is 0.220 e. The Morgan fingerprint density at radius 2 is 0.986 bits per heavy atom. The zero-order valence-electron chi connectivity index (χ0n) is 42.7. The van der Waals surface area contributed by atoms with Crippen molar-refractivity contribution in [2.75, 3.05) is 19.8 Å². The molecule has 0 aromatic carbocycles. The van der Waals surface area contributed by atoms with Crippen LogP contribution < -0.4 is 5.32 Å². The van der Waals surface area contributed by atoms with E-state index >= 15 is 0 Å². The summed E-state index contributed by atoms with van der Waals surface area (Å²) in [5, 5.41) is 86.8. The summed E-state index contributed by atoms with van der Waals surface area (Å²) in [6, 6.07) is -0.942. The largest absolute Gasteiger partial charge is 0.394 e. The maximum atomic E-state index is 13.2. The van der Waals surface area contributed by atoms with Gasteiger partial charge < -0.3 is 65.1 Å². The molecule has 0 aliphatic carbocycles. The third-order valence-corrected chi connectivity index (χ3v) is 12.6. The van der Waals surface area contributed by atoms with E-state index in [1.165, 1.54) is 70.6 Å². The zero-order chi connectivity index (χ0) is 51.0. The van der Waals surface area contributed by atoms with Crippen molar-refractivity contribution in [2.45, 2.75) is 242 Å². The summed E-state index contributed by atoms with van der Waals surface area (Å²) in [5.74, 6) is -0.285. The van der Waals surface area contributed by atoms with Gasteiger partial charge in [-0.15, -0.1) is 0 Å². The van der Waals surface area contributed by atoms with Gasteiger partial charge in [0.15, 0.2) is 12.6 Å². The second kappa shape index (κ2) is 41.6. The van der Waals surface area contributed by atoms with Crippen LogP contribution in [0, 0.1) is 0 Å². The number of rotatable bonds is 40. The zero-order valence-corrected chi connectivity index (χ0v) is 42.7. The molecule has 12 unspecified atom stereocenters. The van der Waals surface area contributed by atoms with Gasteiger partial charge in [-0.05, 0) is 70.6 Å². The molecule has 402 valence electrons. The van der Waals surface area contributed by atoms with Gasteiger partial charge in [0.1, 0.15) is 48.8 Å². The molecule has 0 bridgehead atoms. The third-order valence-electron chi connectivity index (χ3n) is 12.6. The van der Waals surface area contributed by atoms with E-state index in [0.29, 0.717) is 6.42 Å². The summed E-state index contributed by atoms with van der Waals surface area (Å²) < 4.78 is 22.7. The van der Waals surface area contributed by atoms with Crippen molar-refractivity contribution in [1.29, 1.82) is 0 Å². The first-order valence-electron chi connectivity index (χ1n) is 26.8. The average molecular weight is 990 g/mol. The molecular weight excluding hydrogens is 895 g/mol. The first-order valence-corrected chi connectivity index (χ1v) is 26.8. The van der Waals surface area contributed by atoms with Crippen LogP contribution in [-0.2, 0) is 23.7 Å². The van der Waals surface area contributed by atoms with E-state index in [4.69, 9.17) is 18.9 Å². The number of carbonyl (C=O) groups excluding carboxylic acids is 1. The number of carbonyl (C=O) groups is 1. The van der Waals surface area contributed by atoms with Crippen molar-refractivity contribution in [2.24, 2.45) is 0 Å². The van der Waals surface area contributed by atoms with Crippen molar-refractivity contribution < 1.29 is 64.6 Å². The Morgan fingerprint density at radius 3 is 1.51 bits per heavy atom. The Morgan fingerprint density at radius 1 is 0.529 bits per heavy atom. The monoisotopic (exact) mass is 990 g/mol. The minimum absolute atomic E-state index is 0.222. The van der Waals surface area contributed by atoms with Crippen molar-refractivity contribution in [3.05, 3.63) is 85.1 Å². The molecule has 14 nitrogen and oxygen atoms in total. The van der Waals surface area contributed by atoms with Gasteiger partial charge >= 0.3 is 0 Å². The van der Waals surface area contributed by atoms with Crippen LogP contribution in [0.1, 0.15) is 168 Å². The van der Waals surface area contributed by atoms with Crippen LogP contribution in [-0.4, -0.2) is 140 Å². The summed E-state index contributed by atoms with van der Waals surface area (Å²) in [7, 11) is 0. The van der Waals surface area contributed by atoms with Crippen LogP contribution in [0.4, 0.5) is 0 Å². The highest BCUT2D eigenvalue weighted by Crippen LogP contribution is 2.30. The van der Waals surface area contributed by atoms with Crippen LogP contribution in [0.25, 0.3) is 0 Å². The van der Waals surface area contributed by atoms with Gasteiger partial charge in [0.2, 0.25) is 5.91 Å². The van der Waals surface area contributed by atoms with Gasteiger partial charge in [0.25, 0.3) is 0 Å². The Balaban J connectivity index is 1.85. The highest BCUT2D eigenvalue weighted by Gasteiger charge is 2.51. The van der Waals surface area contributed by atoms with Crippen molar-refractivity contribution in [1.82, 2.24) is 5.32 Å². The lowest BCUT2D eigenvalue weighted by molar-refractivity contribution is -0.359. The normalized spacial score (nSPS) is 26.7. The van der Waals surface area contributed by atoms with Gasteiger partial charge in [-0.25, -0.2) is 0 Å². The minimum atomic E-state index is -1.80. The van der Waals surface area contributed by atoms with Gasteiger partial charge in [0, 0.05) is 6.42 Å². The van der Waals surface area contributed by atoms with Crippen molar-refractivity contribution in [3.63, 3.8) is 0 Å². The lowest BCUT2D eigenvalue weighted by Crippen LogP contribution is -2.65. The number of hydrogen-bond donors (Lipinski definition) is 9. The summed E-state index contributed by atoms with van der Waals surface area (Å²) in [6.07, 6.45) is 37.6. The highest BCUT2D eigenvalue weighted by atomic mass is 16.7. The molecule has 0 aromatic rings. The third kappa shape index (κ3) is 27.8. The lowest BCUT2D eigenvalue weighted by atomic mass is 9.97. The van der Waals surface area contributed by atoms with Crippen LogP contribution in [0.3, 0.4) is 0 Å². The molecule has 0 aromatic heterocycles. The van der Waals surface area contributed by atoms with E-state index in [-0.39, 0.29) is 18.9 Å². The standard InChI is InChI=1S/C56H95NO13/c1-3-5-7-9-11-13-15-17-19-20-21-22-23-24-26-28-30-32-34-36-38-40-48(61)57-44(45(60)39-37-35-33-31-29-27-25-18-16-14-12-10-8-6-4-2)43-67-55-53(66)51(64)54(47(42-59)69-55)70-56-52(65)50(63)49(62)46(41-58)68-56/h5,7,11,13,17,19,21-22,24,26,30,32,37,39,44-47,49-56,58-60,62-66H,3-4,6,8-10,12,14-16,18,20,23,25,27-29,31,33-36,38,40-43H2,1-2H3,(H,57,61)/b7-5-,13-11-,19-17-,22-21-,26-24-,32-30-,39-37+. The summed E-state index contributed by atoms with van der Waals surface area (Å²) in [6.45, 7) is 2.63. The number of hydrogen-bond acceptors (Lipinski definition) is 13. The van der Waals surface area contributed by atoms with E-state index in [1.807, 2.05) is 6.08 Å². The molecule has 2 aliphatic rings. The molecular formula is C56H95NO13. The summed E-state index contributed by atoms with van der Waals surface area (Å²) in [5.41, 5.74) is 0. The van der Waals surface area contributed by atoms with Gasteiger partial charge in [-0.1, -0.05) is 176 Å². The molecule has 2 rings (SSSR count). The Hall–Kier alpha value is -2.83. The topological polar surface area (TPSA) is 228 Å². The quantitative estimate of drug-likeness (QED) is 0.0212. The summed E-state index contributed by atoms with van der Waals surface area (Å²) >= 11 is 0. The van der Waals surface area contributed by atoms with E-state index in [0.717, 1.165) is 70.6 Å². The first-order chi connectivity index (χ1) is 34.1. The van der Waals surface area contributed by atoms with Gasteiger partial charge in [0.05, 0.1) is 32.0 Å². The molecule has 2 saturated heterocycles. The van der Waals surface area contributed by atoms with E-state index in [2.05, 4.69) is 92.1 Å². The first kappa shape index (κ1) is 63.3. The molecule has 1 amide bonds. The molecule has 14 heteroatoms. The lowest BCUT2D eigenvalue weighted by Gasteiger charge is -2.46. The van der Waals surface area contributed by atoms with Crippen LogP contribution in [0.2, 0.25) is 0 Å². The number of amides is 1. The maximum Gasteiger partial charge on any atom is 0.220 e. The molecule has 0 saturated carbocycles. The molecule has 0 spiro atoms. The number of aliphatic hydroxyl groups is 8. The van der Waals surface area contributed by atoms with Gasteiger partial charge in [-0.3, -0.25) is 4.79 Å². The van der Waals surface area contributed by atoms with Crippen molar-refractivity contribution in [3.8, 4) is 0 Å². The second-order valence-electron chi connectivity index (χ2n) is 18.6. The Kier molecular flexibility index (Phi) is 37.6. The Labute approximate surface area is 420 Å². The highest BCUT2D eigenvalue weighted by molar-refractivity contribution is 5.76. The maximum absolute atomic E-state index is 13.2. The molecule has 2 fully saturated rings. The molecule has 9 N–H and O–H groups in total. The molecule has 12 atom stereocenters. The van der Waals surface area contributed by atoms with Crippen LogP contribution in [0.15, 0.2) is 85.1 Å². The van der Waals surface area contributed by atoms with E-state index in [1.54, 1.807) is 6.08 Å². The number of allylic oxidation sites excluding steroid dienone is 13. The molecule has 2 aliphatic heterocycles. The fourth-order valence-corrected chi connectivity index (χ4v) is 8.23. The summed E-state index contributed by atoms with van der Waals surface area (Å²) in [4.78, 5) is 13.2. The average Bonchev–Trinajstić information content (AvgIpc) is 3.36.